The van der Waals surface area contributed by atoms with Gasteiger partial charge in [-0.3, -0.25) is 4.79 Å². The Hall–Kier alpha value is -1.86. The summed E-state index contributed by atoms with van der Waals surface area (Å²) in [6, 6.07) is 13.9. The lowest BCUT2D eigenvalue weighted by Crippen LogP contribution is -2.32. The zero-order valence-electron chi connectivity index (χ0n) is 11.5. The fourth-order valence-electron chi connectivity index (χ4n) is 2.98. The third-order valence-electron chi connectivity index (χ3n) is 4.22. The number of nitrogens with one attached hydrogen (secondary N) is 1. The van der Waals surface area contributed by atoms with Gasteiger partial charge in [0.25, 0.3) is 0 Å². The molecule has 3 nitrogen and oxygen atoms in total. The number of nitriles is 1. The fraction of sp³-hybridized carbons (Fsp3) is 0.294. The zero-order valence-corrected chi connectivity index (χ0v) is 13.1. The molecule has 0 atom stereocenters. The van der Waals surface area contributed by atoms with E-state index in [1.807, 2.05) is 36.4 Å². The molecular weight excluding hydrogens is 328 g/mol. The van der Waals surface area contributed by atoms with E-state index in [0.29, 0.717) is 12.8 Å². The van der Waals surface area contributed by atoms with Crippen LogP contribution in [0.25, 0.3) is 10.8 Å². The summed E-state index contributed by atoms with van der Waals surface area (Å²) in [5.41, 5.74) is -0.0888. The fourth-order valence-corrected chi connectivity index (χ4v) is 3.46. The average molecular weight is 343 g/mol. The molecule has 1 amide bonds. The van der Waals surface area contributed by atoms with Crippen molar-refractivity contribution in [3.8, 4) is 6.07 Å². The van der Waals surface area contributed by atoms with Crippen molar-refractivity contribution in [2.24, 2.45) is 5.41 Å². The van der Waals surface area contributed by atoms with Gasteiger partial charge in [-0.05, 0) is 30.4 Å². The molecule has 1 N–H and O–H groups in total. The van der Waals surface area contributed by atoms with Crippen LogP contribution < -0.4 is 5.32 Å². The van der Waals surface area contributed by atoms with E-state index in [2.05, 4.69) is 27.3 Å². The van der Waals surface area contributed by atoms with Gasteiger partial charge in [-0.2, -0.15) is 5.26 Å². The molecule has 1 aliphatic carbocycles. The van der Waals surface area contributed by atoms with Gasteiger partial charge in [0, 0.05) is 15.5 Å². The van der Waals surface area contributed by atoms with Gasteiger partial charge in [0.2, 0.25) is 5.91 Å². The van der Waals surface area contributed by atoms with Crippen LogP contribution in [0.4, 0.5) is 5.69 Å². The lowest BCUT2D eigenvalue weighted by Gasteiger charge is -2.20. The van der Waals surface area contributed by atoms with Gasteiger partial charge in [0.15, 0.2) is 0 Å². The summed E-state index contributed by atoms with van der Waals surface area (Å²) in [6.45, 7) is 0. The zero-order chi connectivity index (χ0) is 14.9. The van der Waals surface area contributed by atoms with Crippen LogP contribution in [0.15, 0.2) is 40.9 Å². The first kappa shape index (κ1) is 14.1. The predicted octanol–water partition coefficient (Wildman–Crippen LogP) is 4.62. The van der Waals surface area contributed by atoms with E-state index in [1.165, 1.54) is 0 Å². The molecule has 1 saturated carbocycles. The van der Waals surface area contributed by atoms with Crippen LogP contribution in [0, 0.1) is 16.7 Å². The molecule has 0 spiro atoms. The molecule has 2 aromatic carbocycles. The maximum Gasteiger partial charge on any atom is 0.244 e. The number of halogens is 1. The molecule has 0 bridgehead atoms. The van der Waals surface area contributed by atoms with Crippen LogP contribution in [0.2, 0.25) is 0 Å². The highest BCUT2D eigenvalue weighted by atomic mass is 79.9. The van der Waals surface area contributed by atoms with Crippen molar-refractivity contribution in [1.82, 2.24) is 0 Å². The van der Waals surface area contributed by atoms with Gasteiger partial charge in [-0.1, -0.05) is 53.0 Å². The van der Waals surface area contributed by atoms with Gasteiger partial charge < -0.3 is 5.32 Å². The van der Waals surface area contributed by atoms with Crippen molar-refractivity contribution in [2.75, 3.05) is 5.32 Å². The molecule has 0 heterocycles. The Morgan fingerprint density at radius 1 is 1.14 bits per heavy atom. The molecule has 3 rings (SSSR count). The standard InChI is InChI=1S/C17H15BrN2O/c18-14-7-8-15(13-6-2-1-5-12(13)14)20-16(21)17(11-19)9-3-4-10-17/h1-2,5-8H,3-4,9-10H2,(H,20,21). The first-order valence-corrected chi connectivity index (χ1v) is 7.85. The largest absolute Gasteiger partial charge is 0.324 e. The Labute approximate surface area is 132 Å². The smallest absolute Gasteiger partial charge is 0.244 e. The Bertz CT molecular complexity index is 742. The highest BCUT2D eigenvalue weighted by Gasteiger charge is 2.41. The summed E-state index contributed by atoms with van der Waals surface area (Å²) in [4.78, 5) is 12.6. The monoisotopic (exact) mass is 342 g/mol. The number of nitrogens with zero attached hydrogens (tertiary/aromatic N) is 1. The Kier molecular flexibility index (Phi) is 3.69. The van der Waals surface area contributed by atoms with Crippen LogP contribution in [0.1, 0.15) is 25.7 Å². The van der Waals surface area contributed by atoms with Gasteiger partial charge in [0.1, 0.15) is 5.41 Å². The summed E-state index contributed by atoms with van der Waals surface area (Å²) in [5, 5.41) is 14.4. The summed E-state index contributed by atoms with van der Waals surface area (Å²) in [5.74, 6) is -0.171. The SMILES string of the molecule is N#CC1(C(=O)Nc2ccc(Br)c3ccccc23)CCCC1. The van der Waals surface area contributed by atoms with E-state index in [9.17, 15) is 10.1 Å². The van der Waals surface area contributed by atoms with Crippen LogP contribution in [0.5, 0.6) is 0 Å². The number of benzene rings is 2. The number of rotatable bonds is 2. The molecule has 1 fully saturated rings. The van der Waals surface area contributed by atoms with Gasteiger partial charge in [-0.15, -0.1) is 0 Å². The number of hydrogen-bond donors (Lipinski definition) is 1. The minimum atomic E-state index is -0.853. The summed E-state index contributed by atoms with van der Waals surface area (Å²) in [6.07, 6.45) is 3.21. The molecule has 106 valence electrons. The van der Waals surface area contributed by atoms with Gasteiger partial charge in [0.05, 0.1) is 6.07 Å². The molecule has 0 saturated heterocycles. The summed E-state index contributed by atoms with van der Waals surface area (Å²) in [7, 11) is 0. The quantitative estimate of drug-likeness (QED) is 0.865. The van der Waals surface area contributed by atoms with Crippen molar-refractivity contribution in [1.29, 1.82) is 5.26 Å². The first-order valence-electron chi connectivity index (χ1n) is 7.06. The maximum absolute atomic E-state index is 12.6. The van der Waals surface area contributed by atoms with Crippen LogP contribution >= 0.6 is 15.9 Å². The Morgan fingerprint density at radius 2 is 1.81 bits per heavy atom. The van der Waals surface area contributed by atoms with E-state index in [0.717, 1.165) is 33.8 Å². The van der Waals surface area contributed by atoms with Crippen molar-refractivity contribution in [3.05, 3.63) is 40.9 Å². The third-order valence-corrected chi connectivity index (χ3v) is 4.92. The van der Waals surface area contributed by atoms with E-state index in [1.54, 1.807) is 0 Å². The number of anilines is 1. The second kappa shape index (κ2) is 5.50. The van der Waals surface area contributed by atoms with Crippen molar-refractivity contribution in [3.63, 3.8) is 0 Å². The Balaban J connectivity index is 1.98. The number of amides is 1. The van der Waals surface area contributed by atoms with E-state index in [4.69, 9.17) is 0 Å². The van der Waals surface area contributed by atoms with Crippen LogP contribution in [-0.2, 0) is 4.79 Å². The highest BCUT2D eigenvalue weighted by Crippen LogP contribution is 2.39. The number of carbonyl (C=O) groups excluding carboxylic acids is 1. The van der Waals surface area contributed by atoms with Crippen LogP contribution in [-0.4, -0.2) is 5.91 Å². The van der Waals surface area contributed by atoms with Crippen molar-refractivity contribution < 1.29 is 4.79 Å². The topological polar surface area (TPSA) is 52.9 Å². The second-order valence-electron chi connectivity index (χ2n) is 5.50. The first-order chi connectivity index (χ1) is 10.2. The molecule has 0 aliphatic heterocycles. The third kappa shape index (κ3) is 2.43. The van der Waals surface area contributed by atoms with Gasteiger partial charge in [-0.25, -0.2) is 0 Å². The van der Waals surface area contributed by atoms with Crippen LogP contribution in [0.3, 0.4) is 0 Å². The van der Waals surface area contributed by atoms with Gasteiger partial charge >= 0.3 is 0 Å². The lowest BCUT2D eigenvalue weighted by molar-refractivity contribution is -0.122. The molecule has 0 aromatic heterocycles. The number of carbonyl (C=O) groups is 1. The molecule has 0 unspecified atom stereocenters. The minimum absolute atomic E-state index is 0.171. The summed E-state index contributed by atoms with van der Waals surface area (Å²) >= 11 is 3.52. The molecule has 0 radical (unpaired) electrons. The van der Waals surface area contributed by atoms with E-state index in [-0.39, 0.29) is 5.91 Å². The molecular formula is C17H15BrN2O. The second-order valence-corrected chi connectivity index (χ2v) is 6.35. The normalized spacial score (nSPS) is 16.6. The van der Waals surface area contributed by atoms with Crippen molar-refractivity contribution in [2.45, 2.75) is 25.7 Å². The molecule has 21 heavy (non-hydrogen) atoms. The predicted molar refractivity (Wildman–Crippen MR) is 86.8 cm³/mol. The minimum Gasteiger partial charge on any atom is -0.324 e. The highest BCUT2D eigenvalue weighted by molar-refractivity contribution is 9.10. The van der Waals surface area contributed by atoms with E-state index >= 15 is 0 Å². The number of hydrogen-bond acceptors (Lipinski definition) is 2. The lowest BCUT2D eigenvalue weighted by atomic mass is 9.87. The Morgan fingerprint density at radius 3 is 2.48 bits per heavy atom. The molecule has 2 aromatic rings. The molecule has 4 heteroatoms. The van der Waals surface area contributed by atoms with Crippen molar-refractivity contribution >= 4 is 38.3 Å². The summed E-state index contributed by atoms with van der Waals surface area (Å²) < 4.78 is 0.993. The average Bonchev–Trinajstić information content (AvgIpc) is 3.00. The van der Waals surface area contributed by atoms with E-state index < -0.39 is 5.41 Å². The maximum atomic E-state index is 12.6. The number of fused-ring (bicyclic) bond motifs is 1. The molecule has 1 aliphatic rings.